The number of anilines is 2. The topological polar surface area (TPSA) is 338 Å². The van der Waals surface area contributed by atoms with E-state index in [4.69, 9.17) is 17.0 Å². The Morgan fingerprint density at radius 3 is 2.25 bits per heavy atom. The number of carbonyl (C=O) groups excluding carboxylic acids is 4. The molecule has 0 fully saturated rings. The summed E-state index contributed by atoms with van der Waals surface area (Å²) in [7, 11) is 0. The molecule has 4 rings (SSSR count). The Morgan fingerprint density at radius 2 is 1.56 bits per heavy atom. The maximum absolute atomic E-state index is 13.3. The van der Waals surface area contributed by atoms with Crippen LogP contribution in [0.25, 0.3) is 21.6 Å². The van der Waals surface area contributed by atoms with Gasteiger partial charge in [-0.3, -0.25) is 29.0 Å². The number of fused-ring (bicyclic) bond motifs is 1. The summed E-state index contributed by atoms with van der Waals surface area (Å²) < 4.78 is 0. The molecule has 0 bridgehead atoms. The second-order valence-electron chi connectivity index (χ2n) is 13.6. The number of H-pyrrole nitrogens is 1. The van der Waals surface area contributed by atoms with Crippen molar-refractivity contribution in [1.82, 2.24) is 41.2 Å². The third-order valence-corrected chi connectivity index (χ3v) is 9.00. The summed E-state index contributed by atoms with van der Waals surface area (Å²) in [5, 5.41) is 27.2. The lowest BCUT2D eigenvalue weighted by Gasteiger charge is -2.22. The van der Waals surface area contributed by atoms with Crippen LogP contribution in [0.15, 0.2) is 64.6 Å². The molecule has 21 heteroatoms. The molecule has 312 valence electrons. The Balaban J connectivity index is 1.25. The van der Waals surface area contributed by atoms with Crippen molar-refractivity contribution in [3.63, 3.8) is 0 Å². The lowest BCUT2D eigenvalue weighted by Crippen LogP contribution is -2.51. The fourth-order valence-corrected chi connectivity index (χ4v) is 5.78. The first-order valence-corrected chi connectivity index (χ1v) is 19.0. The second-order valence-corrected chi connectivity index (χ2v) is 13.6. The number of azide groups is 1. The highest BCUT2D eigenvalue weighted by Gasteiger charge is 2.26. The molecular formula is C38H48N14O7. The van der Waals surface area contributed by atoms with Crippen LogP contribution >= 0.6 is 0 Å². The smallest absolute Gasteiger partial charge is 0.326 e. The van der Waals surface area contributed by atoms with E-state index < -0.39 is 41.5 Å². The molecule has 3 atom stereocenters. The van der Waals surface area contributed by atoms with E-state index in [1.807, 2.05) is 0 Å². The number of nitrogens with one attached hydrogen (secondary N) is 6. The van der Waals surface area contributed by atoms with Crippen molar-refractivity contribution in [3.05, 3.63) is 92.3 Å². The van der Waals surface area contributed by atoms with Gasteiger partial charge in [0, 0.05) is 46.4 Å². The lowest BCUT2D eigenvalue weighted by molar-refractivity contribution is -0.142. The molecule has 4 aromatic rings. The minimum atomic E-state index is -1.20. The quantitative estimate of drug-likeness (QED) is 0.0225. The van der Waals surface area contributed by atoms with Crippen LogP contribution in [0.4, 0.5) is 17.3 Å². The third-order valence-electron chi connectivity index (χ3n) is 9.00. The van der Waals surface area contributed by atoms with Gasteiger partial charge in [-0.2, -0.15) is 4.98 Å². The van der Waals surface area contributed by atoms with E-state index in [1.165, 1.54) is 30.5 Å². The number of unbranched alkanes of at least 4 members (excludes halogenated alkanes) is 2. The van der Waals surface area contributed by atoms with E-state index in [0.717, 1.165) is 0 Å². The molecule has 0 aliphatic carbocycles. The molecule has 2 heterocycles. The van der Waals surface area contributed by atoms with E-state index in [2.05, 4.69) is 56.5 Å². The maximum atomic E-state index is 13.3. The zero-order valence-electron chi connectivity index (χ0n) is 32.4. The Hall–Kier alpha value is -7.12. The Labute approximate surface area is 338 Å². The highest BCUT2D eigenvalue weighted by molar-refractivity contribution is 5.95. The van der Waals surface area contributed by atoms with Gasteiger partial charge in [0.05, 0.1) is 18.4 Å². The molecule has 2 aromatic heterocycles. The van der Waals surface area contributed by atoms with Crippen LogP contribution < -0.4 is 43.6 Å². The molecule has 2 aromatic carbocycles. The van der Waals surface area contributed by atoms with Gasteiger partial charge in [-0.05, 0) is 100 Å². The predicted molar refractivity (Wildman–Crippen MR) is 218 cm³/mol. The SMILES string of the molecule is C[C@H](CCC(=O)N[C@@H](CCCCNC(=O)c1ccc(N=[N+]=[N-])cc1)C(=O)N[C@@H](CCCCN)C(=O)O)NC(=O)c1ccc(NCc2cnc3nc(N)[nH]c(=O)c3n2)cc1. The van der Waals surface area contributed by atoms with Gasteiger partial charge in [-0.15, -0.1) is 0 Å². The fourth-order valence-electron chi connectivity index (χ4n) is 5.78. The van der Waals surface area contributed by atoms with Gasteiger partial charge in [-0.1, -0.05) is 17.2 Å². The number of benzene rings is 2. The average molecular weight is 813 g/mol. The van der Waals surface area contributed by atoms with Gasteiger partial charge < -0.3 is 43.2 Å². The van der Waals surface area contributed by atoms with Gasteiger partial charge in [-0.25, -0.2) is 14.8 Å². The number of aliphatic carboxylic acids is 1. The summed E-state index contributed by atoms with van der Waals surface area (Å²) in [5.41, 5.74) is 21.6. The first-order chi connectivity index (χ1) is 28.4. The number of carboxylic acids is 1. The monoisotopic (exact) mass is 812 g/mol. The molecule has 0 aliphatic rings. The second kappa shape index (κ2) is 22.6. The predicted octanol–water partition coefficient (Wildman–Crippen LogP) is 2.53. The number of carboxylic acid groups (broad SMARTS) is 1. The number of hydrogen-bond acceptors (Lipinski definition) is 13. The van der Waals surface area contributed by atoms with Gasteiger partial charge in [0.2, 0.25) is 17.8 Å². The molecular weight excluding hydrogens is 765 g/mol. The van der Waals surface area contributed by atoms with E-state index in [9.17, 15) is 33.9 Å². The van der Waals surface area contributed by atoms with Crippen LogP contribution in [0.1, 0.15) is 84.7 Å². The zero-order chi connectivity index (χ0) is 42.7. The van der Waals surface area contributed by atoms with Gasteiger partial charge in [0.25, 0.3) is 17.4 Å². The Kier molecular flexibility index (Phi) is 17.1. The number of nitrogens with zero attached hydrogens (tertiary/aromatic N) is 6. The summed E-state index contributed by atoms with van der Waals surface area (Å²) in [6, 6.07) is 10.1. The maximum Gasteiger partial charge on any atom is 0.326 e. The standard InChI is InChI=1S/C38H48N14O7/c1-22(45-34(55)24-9-13-25(14-10-24)43-20-27-21-44-32-31(46-27)36(57)50-38(40)49-32)8-17-30(53)47-28(35(56)48-29(37(58)59)7-2-4-18-39)6-3-5-19-42-33(54)23-11-15-26(16-12-23)51-52-41/h9-16,21-22,28-29,43H,2-8,17-20,39H2,1H3,(H,42,54)(H,45,55)(H,47,53)(H,48,56)(H,58,59)(H3,40,44,49,50,57)/t22-,28+,29+/m1/s1. The van der Waals surface area contributed by atoms with Crippen LogP contribution in [-0.2, 0) is 20.9 Å². The average Bonchev–Trinajstić information content (AvgIpc) is 3.21. The highest BCUT2D eigenvalue weighted by atomic mass is 16.4. The van der Waals surface area contributed by atoms with Crippen LogP contribution in [0.5, 0.6) is 0 Å². The van der Waals surface area contributed by atoms with Gasteiger partial charge in [0.1, 0.15) is 12.1 Å². The number of rotatable bonds is 23. The van der Waals surface area contributed by atoms with E-state index in [-0.39, 0.29) is 67.7 Å². The Morgan fingerprint density at radius 1 is 0.881 bits per heavy atom. The van der Waals surface area contributed by atoms with Gasteiger partial charge in [0.15, 0.2) is 11.2 Å². The van der Waals surface area contributed by atoms with Crippen molar-refractivity contribution in [2.45, 2.75) is 83.0 Å². The van der Waals surface area contributed by atoms with Crippen molar-refractivity contribution in [2.75, 3.05) is 24.1 Å². The largest absolute Gasteiger partial charge is 0.480 e. The number of aromatic nitrogens is 4. The number of carbonyl (C=O) groups is 5. The molecule has 0 saturated heterocycles. The molecule has 11 N–H and O–H groups in total. The third kappa shape index (κ3) is 14.4. The van der Waals surface area contributed by atoms with Crippen molar-refractivity contribution in [1.29, 1.82) is 0 Å². The molecule has 21 nitrogen and oxygen atoms in total. The number of nitrogens with two attached hydrogens (primary N) is 2. The summed E-state index contributed by atoms with van der Waals surface area (Å²) >= 11 is 0. The van der Waals surface area contributed by atoms with Crippen molar-refractivity contribution in [3.8, 4) is 0 Å². The minimum absolute atomic E-state index is 0.0333. The molecule has 0 aliphatic heterocycles. The lowest BCUT2D eigenvalue weighted by atomic mass is 10.1. The summed E-state index contributed by atoms with van der Waals surface area (Å²) in [5.74, 6) is -3.07. The molecule has 0 spiro atoms. The first-order valence-electron chi connectivity index (χ1n) is 19.0. The molecule has 0 saturated carbocycles. The van der Waals surface area contributed by atoms with E-state index in [1.54, 1.807) is 31.2 Å². The molecule has 0 unspecified atom stereocenters. The van der Waals surface area contributed by atoms with Crippen molar-refractivity contribution >= 4 is 58.1 Å². The minimum Gasteiger partial charge on any atom is -0.480 e. The fraction of sp³-hybridized carbons (Fsp3) is 0.395. The summed E-state index contributed by atoms with van der Waals surface area (Å²) in [6.07, 6.45) is 3.97. The number of nitrogen functional groups attached to an aromatic ring is 1. The normalized spacial score (nSPS) is 12.3. The van der Waals surface area contributed by atoms with Crippen LogP contribution in [0.3, 0.4) is 0 Å². The number of aromatic amines is 1. The van der Waals surface area contributed by atoms with Gasteiger partial charge >= 0.3 is 5.97 Å². The number of amides is 4. The number of hydrogen-bond donors (Lipinski definition) is 9. The first kappa shape index (κ1) is 44.6. The zero-order valence-corrected chi connectivity index (χ0v) is 32.4. The summed E-state index contributed by atoms with van der Waals surface area (Å²) in [4.78, 5) is 93.4. The molecule has 0 radical (unpaired) electrons. The van der Waals surface area contributed by atoms with Crippen molar-refractivity contribution < 1.29 is 29.1 Å². The Bertz CT molecular complexity index is 2190. The van der Waals surface area contributed by atoms with E-state index in [0.29, 0.717) is 60.4 Å². The van der Waals surface area contributed by atoms with Crippen molar-refractivity contribution in [2.24, 2.45) is 10.8 Å². The van der Waals surface area contributed by atoms with E-state index >= 15 is 0 Å². The molecule has 59 heavy (non-hydrogen) atoms. The van der Waals surface area contributed by atoms with Crippen LogP contribution in [-0.4, -0.2) is 85.9 Å². The molecule has 4 amide bonds. The highest BCUT2D eigenvalue weighted by Crippen LogP contribution is 2.15. The summed E-state index contributed by atoms with van der Waals surface area (Å²) in [6.45, 7) is 2.63. The van der Waals surface area contributed by atoms with Crippen LogP contribution in [0.2, 0.25) is 0 Å². The van der Waals surface area contributed by atoms with Crippen LogP contribution in [0, 0.1) is 0 Å².